The van der Waals surface area contributed by atoms with E-state index in [4.69, 9.17) is 4.74 Å². The Morgan fingerprint density at radius 3 is 2.04 bits per heavy atom. The molecular weight excluding hydrogens is 358 g/mol. The van der Waals surface area contributed by atoms with Crippen molar-refractivity contribution in [2.75, 3.05) is 7.11 Å². The highest BCUT2D eigenvalue weighted by Gasteiger charge is 2.34. The smallest absolute Gasteiger partial charge is 0.118 e. The number of ether oxygens (including phenoxy) is 1. The van der Waals surface area contributed by atoms with Gasteiger partial charge in [0, 0.05) is 11.6 Å². The van der Waals surface area contributed by atoms with Crippen molar-refractivity contribution in [2.24, 2.45) is 5.92 Å². The number of methoxy groups -OCH3 is 1. The van der Waals surface area contributed by atoms with Gasteiger partial charge in [-0.25, -0.2) is 0 Å². The van der Waals surface area contributed by atoms with Crippen molar-refractivity contribution in [1.29, 1.82) is 0 Å². The molecule has 1 aliphatic carbocycles. The third-order valence-corrected chi connectivity index (χ3v) is 5.15. The van der Waals surface area contributed by atoms with Crippen molar-refractivity contribution in [3.8, 4) is 16.9 Å². The van der Waals surface area contributed by atoms with Crippen molar-refractivity contribution >= 4 is 12.4 Å². The highest BCUT2D eigenvalue weighted by atomic mass is 35.5. The topological polar surface area (TPSA) is 41.5 Å². The molecule has 0 saturated heterocycles. The van der Waals surface area contributed by atoms with E-state index in [0.717, 1.165) is 25.0 Å². The molecule has 3 nitrogen and oxygen atoms in total. The molecular formula is C23H32ClNO2. The Morgan fingerprint density at radius 2 is 1.52 bits per heavy atom. The zero-order valence-corrected chi connectivity index (χ0v) is 17.6. The van der Waals surface area contributed by atoms with Crippen LogP contribution in [-0.4, -0.2) is 29.9 Å². The van der Waals surface area contributed by atoms with Crippen molar-refractivity contribution in [3.63, 3.8) is 0 Å². The third kappa shape index (κ3) is 5.97. The van der Waals surface area contributed by atoms with Gasteiger partial charge in [-0.2, -0.15) is 0 Å². The van der Waals surface area contributed by atoms with Crippen LogP contribution >= 0.6 is 12.4 Å². The molecule has 4 heteroatoms. The predicted molar refractivity (Wildman–Crippen MR) is 115 cm³/mol. The fraction of sp³-hybridized carbons (Fsp3) is 0.478. The van der Waals surface area contributed by atoms with Gasteiger partial charge in [-0.15, -0.1) is 12.4 Å². The summed E-state index contributed by atoms with van der Waals surface area (Å²) in [5.74, 6) is 1.42. The van der Waals surface area contributed by atoms with Gasteiger partial charge in [0.2, 0.25) is 0 Å². The average molecular weight is 390 g/mol. The van der Waals surface area contributed by atoms with Gasteiger partial charge in [0.25, 0.3) is 0 Å². The third-order valence-electron chi connectivity index (χ3n) is 5.15. The Balaban J connectivity index is 0.00000261. The zero-order valence-electron chi connectivity index (χ0n) is 16.7. The maximum absolute atomic E-state index is 10.4. The summed E-state index contributed by atoms with van der Waals surface area (Å²) in [5.41, 5.74) is 3.80. The summed E-state index contributed by atoms with van der Waals surface area (Å²) in [4.78, 5) is 0. The first-order chi connectivity index (χ1) is 12.3. The number of nitrogens with one attached hydrogen (secondary N) is 1. The number of aliphatic hydroxyl groups is 1. The lowest BCUT2D eigenvalue weighted by Gasteiger charge is -2.27. The molecule has 0 aromatic heterocycles. The second-order valence-corrected chi connectivity index (χ2v) is 8.54. The van der Waals surface area contributed by atoms with Gasteiger partial charge >= 0.3 is 0 Å². The van der Waals surface area contributed by atoms with Gasteiger partial charge in [-0.05, 0) is 74.8 Å². The van der Waals surface area contributed by atoms with E-state index >= 15 is 0 Å². The molecule has 3 rings (SSSR count). The molecule has 27 heavy (non-hydrogen) atoms. The Hall–Kier alpha value is -1.55. The summed E-state index contributed by atoms with van der Waals surface area (Å²) in [6.45, 7) is 6.47. The van der Waals surface area contributed by atoms with Crippen LogP contribution in [0.25, 0.3) is 11.1 Å². The normalized spacial score (nSPS) is 22.3. The minimum Gasteiger partial charge on any atom is -0.497 e. The molecule has 0 radical (unpaired) electrons. The second-order valence-electron chi connectivity index (χ2n) is 8.54. The molecule has 0 amide bonds. The molecule has 3 atom stereocenters. The predicted octanol–water partition coefficient (Wildman–Crippen LogP) is 4.85. The number of benzene rings is 2. The number of halogens is 1. The second kappa shape index (κ2) is 9.09. The van der Waals surface area contributed by atoms with Crippen LogP contribution in [0.5, 0.6) is 5.75 Å². The van der Waals surface area contributed by atoms with Gasteiger partial charge in [0.1, 0.15) is 5.75 Å². The van der Waals surface area contributed by atoms with Crippen LogP contribution in [0.2, 0.25) is 0 Å². The maximum atomic E-state index is 10.4. The van der Waals surface area contributed by atoms with Crippen LogP contribution in [0.1, 0.15) is 39.2 Å². The first-order valence-corrected chi connectivity index (χ1v) is 9.53. The summed E-state index contributed by atoms with van der Waals surface area (Å²) in [7, 11) is 1.69. The van der Waals surface area contributed by atoms with Crippen LogP contribution in [0.3, 0.4) is 0 Å². The Labute approximate surface area is 169 Å². The Morgan fingerprint density at radius 1 is 0.963 bits per heavy atom. The molecule has 148 valence electrons. The number of hydrogen-bond acceptors (Lipinski definition) is 3. The van der Waals surface area contributed by atoms with Gasteiger partial charge in [0.15, 0.2) is 0 Å². The van der Waals surface area contributed by atoms with E-state index in [1.54, 1.807) is 7.11 Å². The van der Waals surface area contributed by atoms with E-state index < -0.39 is 0 Å². The first kappa shape index (κ1) is 21.7. The lowest BCUT2D eigenvalue weighted by atomic mass is 9.95. The summed E-state index contributed by atoms with van der Waals surface area (Å²) < 4.78 is 5.22. The van der Waals surface area contributed by atoms with Gasteiger partial charge in [-0.1, -0.05) is 36.4 Å². The van der Waals surface area contributed by atoms with Crippen molar-refractivity contribution < 1.29 is 9.84 Å². The van der Waals surface area contributed by atoms with Crippen LogP contribution in [0.15, 0.2) is 48.5 Å². The van der Waals surface area contributed by atoms with Gasteiger partial charge in [0.05, 0.1) is 13.2 Å². The zero-order chi connectivity index (χ0) is 18.7. The summed E-state index contributed by atoms with van der Waals surface area (Å²) in [5, 5.41) is 13.9. The monoisotopic (exact) mass is 389 g/mol. The largest absolute Gasteiger partial charge is 0.497 e. The van der Waals surface area contributed by atoms with E-state index in [1.807, 2.05) is 12.1 Å². The molecule has 0 bridgehead atoms. The molecule has 0 unspecified atom stereocenters. The number of hydrogen-bond donors (Lipinski definition) is 2. The summed E-state index contributed by atoms with van der Waals surface area (Å²) >= 11 is 0. The van der Waals surface area contributed by atoms with Crippen molar-refractivity contribution in [1.82, 2.24) is 5.32 Å². The minimum atomic E-state index is -0.238. The summed E-state index contributed by atoms with van der Waals surface area (Å²) in [6, 6.07) is 17.2. The molecule has 1 aliphatic rings. The van der Waals surface area contributed by atoms with Gasteiger partial charge in [-0.3, -0.25) is 0 Å². The Bertz CT molecular complexity index is 707. The molecule has 0 heterocycles. The van der Waals surface area contributed by atoms with Crippen LogP contribution < -0.4 is 10.1 Å². The lowest BCUT2D eigenvalue weighted by molar-refractivity contribution is 0.133. The quantitative estimate of drug-likeness (QED) is 0.767. The molecule has 2 aromatic rings. The van der Waals surface area contributed by atoms with E-state index in [2.05, 4.69) is 62.5 Å². The van der Waals surface area contributed by atoms with Crippen molar-refractivity contribution in [2.45, 2.75) is 57.7 Å². The van der Waals surface area contributed by atoms with E-state index in [0.29, 0.717) is 5.92 Å². The minimum absolute atomic E-state index is 0. The molecule has 2 aromatic carbocycles. The Kier molecular flexibility index (Phi) is 7.32. The summed E-state index contributed by atoms with van der Waals surface area (Å²) in [6.07, 6.45) is 2.72. The first-order valence-electron chi connectivity index (χ1n) is 9.53. The van der Waals surface area contributed by atoms with E-state index in [-0.39, 0.29) is 30.1 Å². The molecule has 0 aliphatic heterocycles. The molecule has 1 fully saturated rings. The van der Waals surface area contributed by atoms with Crippen LogP contribution in [0.4, 0.5) is 0 Å². The lowest BCUT2D eigenvalue weighted by Crippen LogP contribution is -2.47. The van der Waals surface area contributed by atoms with E-state index in [1.165, 1.54) is 16.7 Å². The van der Waals surface area contributed by atoms with Crippen LogP contribution in [0, 0.1) is 5.92 Å². The highest BCUT2D eigenvalue weighted by molar-refractivity contribution is 5.85. The fourth-order valence-corrected chi connectivity index (χ4v) is 3.95. The average Bonchev–Trinajstić information content (AvgIpc) is 2.93. The maximum Gasteiger partial charge on any atom is 0.118 e. The number of aliphatic hydroxyl groups excluding tert-OH is 1. The standard InChI is InChI=1S/C23H31NO2.ClH/c1-23(2,3)24-21-14-17(15-22(21)25)13-16-5-7-18(8-6-16)19-9-11-20(26-4)12-10-19;/h5-12,17,21-22,24-25H,13-15H2,1-4H3;1H/t17-,21-,22-;/m1./s1. The van der Waals surface area contributed by atoms with E-state index in [9.17, 15) is 5.11 Å². The highest BCUT2D eigenvalue weighted by Crippen LogP contribution is 2.31. The van der Waals surface area contributed by atoms with Crippen LogP contribution in [-0.2, 0) is 6.42 Å². The molecule has 0 spiro atoms. The fourth-order valence-electron chi connectivity index (χ4n) is 3.95. The molecule has 2 N–H and O–H groups in total. The van der Waals surface area contributed by atoms with Gasteiger partial charge < -0.3 is 15.2 Å². The number of rotatable bonds is 5. The SMILES string of the molecule is COc1ccc(-c2ccc(C[C@H]3C[C@@H](O)[C@H](NC(C)(C)C)C3)cc2)cc1.Cl. The van der Waals surface area contributed by atoms with Crippen molar-refractivity contribution in [3.05, 3.63) is 54.1 Å². The molecule has 1 saturated carbocycles.